The highest BCUT2D eigenvalue weighted by Crippen LogP contribution is 2.26. The lowest BCUT2D eigenvalue weighted by atomic mass is 9.91. The average molecular weight is 453 g/mol. The summed E-state index contributed by atoms with van der Waals surface area (Å²) >= 11 is 0. The monoisotopic (exact) mass is 453 g/mol. The maximum atomic E-state index is 12.9. The molecule has 1 aromatic carbocycles. The number of nitrogens with zero attached hydrogens (tertiary/aromatic N) is 2. The third-order valence-electron chi connectivity index (χ3n) is 4.51. The molecule has 3 rings (SSSR count). The molecule has 1 unspecified atom stereocenters. The van der Waals surface area contributed by atoms with Crippen molar-refractivity contribution in [2.24, 2.45) is 5.10 Å². The van der Waals surface area contributed by atoms with Crippen LogP contribution in [0.4, 0.5) is 0 Å². The molecule has 2 heterocycles. The van der Waals surface area contributed by atoms with Gasteiger partial charge in [-0.3, -0.25) is 14.4 Å². The van der Waals surface area contributed by atoms with Crippen molar-refractivity contribution in [1.29, 1.82) is 0 Å². The normalized spacial score (nSPS) is 19.0. The molecule has 0 spiro atoms. The predicted molar refractivity (Wildman–Crippen MR) is 104 cm³/mol. The van der Waals surface area contributed by atoms with E-state index < -0.39 is 39.6 Å². The van der Waals surface area contributed by atoms with E-state index in [0.29, 0.717) is 5.56 Å². The van der Waals surface area contributed by atoms with Crippen molar-refractivity contribution < 1.29 is 36.8 Å². The quantitative estimate of drug-likeness (QED) is 0.521. The van der Waals surface area contributed by atoms with Crippen LogP contribution in [-0.2, 0) is 30.9 Å². The number of benzene rings is 1. The van der Waals surface area contributed by atoms with Gasteiger partial charge < -0.3 is 13.9 Å². The standard InChI is InChI=1S/C18H19N3O9S/c1-10-13(30-17(25)29-10)9-28-20-18(2)15(19-21(16(18)24)8-14(22)23)11-4-6-12(7-5-11)31(3,26)27/h4-7,20H,8-9H2,1-3H3,(H,22,23). The second-order valence-corrected chi connectivity index (χ2v) is 8.97. The van der Waals surface area contributed by atoms with Crippen molar-refractivity contribution in [1.82, 2.24) is 10.5 Å². The highest BCUT2D eigenvalue weighted by molar-refractivity contribution is 7.90. The number of hydrogen-bond acceptors (Lipinski definition) is 10. The Kier molecular flexibility index (Phi) is 5.85. The number of nitrogens with one attached hydrogen (secondary N) is 1. The van der Waals surface area contributed by atoms with E-state index in [1.165, 1.54) is 38.1 Å². The number of amides is 1. The van der Waals surface area contributed by atoms with Crippen LogP contribution in [0.5, 0.6) is 0 Å². The highest BCUT2D eigenvalue weighted by atomic mass is 32.2. The molecule has 1 aromatic heterocycles. The van der Waals surface area contributed by atoms with Gasteiger partial charge in [0.1, 0.15) is 18.9 Å². The molecule has 2 aromatic rings. The Morgan fingerprint density at radius 1 is 1.26 bits per heavy atom. The van der Waals surface area contributed by atoms with Crippen LogP contribution in [0.1, 0.15) is 24.0 Å². The van der Waals surface area contributed by atoms with Crippen molar-refractivity contribution in [3.8, 4) is 0 Å². The number of hydrazone groups is 1. The van der Waals surface area contributed by atoms with Gasteiger partial charge in [0.05, 0.1) is 10.6 Å². The SMILES string of the molecule is Cc1oc(=O)oc1CONC1(C)C(=O)N(CC(=O)O)N=C1c1ccc(S(C)(=O)=O)cc1. The van der Waals surface area contributed by atoms with Crippen molar-refractivity contribution in [3.05, 3.63) is 52.0 Å². The minimum atomic E-state index is -3.44. The number of hydroxylamine groups is 1. The Bertz CT molecular complexity index is 1210. The summed E-state index contributed by atoms with van der Waals surface area (Å²) in [6.07, 6.45) is 1.06. The molecule has 0 fully saturated rings. The van der Waals surface area contributed by atoms with Gasteiger partial charge >= 0.3 is 11.8 Å². The van der Waals surface area contributed by atoms with Crippen LogP contribution >= 0.6 is 0 Å². The Morgan fingerprint density at radius 2 is 1.90 bits per heavy atom. The van der Waals surface area contributed by atoms with E-state index in [1.54, 1.807) is 0 Å². The van der Waals surface area contributed by atoms with Crippen molar-refractivity contribution in [2.45, 2.75) is 30.9 Å². The third-order valence-corrected chi connectivity index (χ3v) is 5.64. The number of carboxylic acids is 1. The van der Waals surface area contributed by atoms with Crippen LogP contribution in [0.25, 0.3) is 0 Å². The Labute approximate surface area is 176 Å². The zero-order valence-corrected chi connectivity index (χ0v) is 17.6. The minimum Gasteiger partial charge on any atom is -0.480 e. The lowest BCUT2D eigenvalue weighted by Crippen LogP contribution is -2.55. The first-order chi connectivity index (χ1) is 14.4. The lowest BCUT2D eigenvalue weighted by Gasteiger charge is -2.25. The average Bonchev–Trinajstić information content (AvgIpc) is 3.11. The first-order valence-electron chi connectivity index (χ1n) is 8.83. The predicted octanol–water partition coefficient (Wildman–Crippen LogP) is 0.0557. The van der Waals surface area contributed by atoms with Crippen LogP contribution in [-0.4, -0.2) is 54.5 Å². The highest BCUT2D eigenvalue weighted by Gasteiger charge is 2.49. The molecule has 31 heavy (non-hydrogen) atoms. The van der Waals surface area contributed by atoms with E-state index in [-0.39, 0.29) is 28.7 Å². The molecular weight excluding hydrogens is 434 g/mol. The van der Waals surface area contributed by atoms with Crippen LogP contribution in [0.3, 0.4) is 0 Å². The van der Waals surface area contributed by atoms with Gasteiger partial charge in [0.25, 0.3) is 5.91 Å². The van der Waals surface area contributed by atoms with Crippen LogP contribution in [0.2, 0.25) is 0 Å². The topological polar surface area (TPSA) is 169 Å². The number of aryl methyl sites for hydroxylation is 1. The number of aliphatic carboxylic acids is 1. The third kappa shape index (κ3) is 4.57. The number of carbonyl (C=O) groups excluding carboxylic acids is 1. The largest absolute Gasteiger partial charge is 0.519 e. The van der Waals surface area contributed by atoms with Gasteiger partial charge in [-0.05, 0) is 26.0 Å². The molecule has 166 valence electrons. The van der Waals surface area contributed by atoms with E-state index in [4.69, 9.17) is 18.8 Å². The van der Waals surface area contributed by atoms with Gasteiger partial charge in [0.2, 0.25) is 0 Å². The Morgan fingerprint density at radius 3 is 2.42 bits per heavy atom. The summed E-state index contributed by atoms with van der Waals surface area (Å²) in [5, 5.41) is 13.9. The number of rotatable bonds is 8. The summed E-state index contributed by atoms with van der Waals surface area (Å²) in [6.45, 7) is 1.98. The summed E-state index contributed by atoms with van der Waals surface area (Å²) in [4.78, 5) is 40.6. The molecule has 2 N–H and O–H groups in total. The van der Waals surface area contributed by atoms with E-state index in [2.05, 4.69) is 10.6 Å². The van der Waals surface area contributed by atoms with Gasteiger partial charge in [-0.15, -0.1) is 0 Å². The summed E-state index contributed by atoms with van der Waals surface area (Å²) in [7, 11) is -3.44. The van der Waals surface area contributed by atoms with Gasteiger partial charge in [-0.2, -0.15) is 10.6 Å². The minimum absolute atomic E-state index is 0.0694. The molecule has 1 amide bonds. The first kappa shape index (κ1) is 22.4. The van der Waals surface area contributed by atoms with Crippen LogP contribution < -0.4 is 11.3 Å². The molecular formula is C18H19N3O9S. The fourth-order valence-electron chi connectivity index (χ4n) is 2.91. The van der Waals surface area contributed by atoms with Gasteiger partial charge in [0, 0.05) is 11.8 Å². The van der Waals surface area contributed by atoms with Gasteiger partial charge in [0.15, 0.2) is 21.1 Å². The Hall–Kier alpha value is -3.29. The molecule has 1 atom stereocenters. The molecule has 1 aliphatic rings. The lowest BCUT2D eigenvalue weighted by molar-refractivity contribution is -0.147. The molecule has 12 nitrogen and oxygen atoms in total. The Balaban J connectivity index is 1.90. The van der Waals surface area contributed by atoms with Crippen molar-refractivity contribution in [3.63, 3.8) is 0 Å². The summed E-state index contributed by atoms with van der Waals surface area (Å²) in [6, 6.07) is 5.60. The van der Waals surface area contributed by atoms with Crippen LogP contribution in [0, 0.1) is 6.92 Å². The van der Waals surface area contributed by atoms with Gasteiger partial charge in [-0.1, -0.05) is 12.1 Å². The second kappa shape index (κ2) is 8.09. The smallest absolute Gasteiger partial charge is 0.480 e. The van der Waals surface area contributed by atoms with Crippen LogP contribution in [0.15, 0.2) is 47.9 Å². The molecule has 13 heteroatoms. The maximum Gasteiger partial charge on any atom is 0.519 e. The molecule has 0 saturated carbocycles. The van der Waals surface area contributed by atoms with E-state index >= 15 is 0 Å². The summed E-state index contributed by atoms with van der Waals surface area (Å²) in [5.74, 6) is -2.58. The molecule has 0 saturated heterocycles. The molecule has 1 aliphatic heterocycles. The fourth-order valence-corrected chi connectivity index (χ4v) is 3.54. The number of hydrogen-bond donors (Lipinski definition) is 2. The number of carboxylic acid groups (broad SMARTS) is 1. The fraction of sp³-hybridized carbons (Fsp3) is 0.333. The summed E-state index contributed by atoms with van der Waals surface area (Å²) < 4.78 is 32.9. The van der Waals surface area contributed by atoms with E-state index in [9.17, 15) is 22.8 Å². The first-order valence-corrected chi connectivity index (χ1v) is 10.7. The van der Waals surface area contributed by atoms with E-state index in [0.717, 1.165) is 11.3 Å². The maximum absolute atomic E-state index is 12.9. The number of sulfone groups is 1. The molecule has 0 aliphatic carbocycles. The van der Waals surface area contributed by atoms with E-state index in [1.807, 2.05) is 0 Å². The van der Waals surface area contributed by atoms with Crippen molar-refractivity contribution >= 4 is 27.4 Å². The zero-order chi connectivity index (χ0) is 23.0. The van der Waals surface area contributed by atoms with Gasteiger partial charge in [-0.25, -0.2) is 18.2 Å². The zero-order valence-electron chi connectivity index (χ0n) is 16.7. The summed E-state index contributed by atoms with van der Waals surface area (Å²) in [5.41, 5.74) is 1.43. The van der Waals surface area contributed by atoms with Crippen molar-refractivity contribution in [2.75, 3.05) is 12.8 Å². The second-order valence-electron chi connectivity index (χ2n) is 6.95. The molecule has 0 bridgehead atoms. The molecule has 0 radical (unpaired) electrons. The number of carbonyl (C=O) groups is 2.